The smallest absolute Gasteiger partial charge is 0.338 e. The van der Waals surface area contributed by atoms with Crippen LogP contribution in [0.15, 0.2) is 48.5 Å². The number of hydrogen-bond acceptors (Lipinski definition) is 5. The average molecular weight is 368 g/mol. The lowest BCUT2D eigenvalue weighted by molar-refractivity contribution is -0.121. The fraction of sp³-hybridized carbons (Fsp3) is 0.250. The van der Waals surface area contributed by atoms with Gasteiger partial charge in [0.25, 0.3) is 0 Å². The molecule has 0 spiro atoms. The number of nitrogens with zero attached hydrogens (tertiary/aromatic N) is 1. The van der Waals surface area contributed by atoms with E-state index in [2.05, 4.69) is 5.32 Å². The number of anilines is 2. The first-order chi connectivity index (χ1) is 13.1. The van der Waals surface area contributed by atoms with Crippen LogP contribution in [0.4, 0.5) is 11.4 Å². The highest BCUT2D eigenvalue weighted by Crippen LogP contribution is 2.30. The van der Waals surface area contributed by atoms with E-state index >= 15 is 0 Å². The van der Waals surface area contributed by atoms with Crippen molar-refractivity contribution in [3.05, 3.63) is 54.1 Å². The molecule has 7 heteroatoms. The van der Waals surface area contributed by atoms with E-state index in [9.17, 15) is 14.4 Å². The van der Waals surface area contributed by atoms with Crippen molar-refractivity contribution in [2.45, 2.75) is 13.3 Å². The first-order valence-electron chi connectivity index (χ1n) is 8.67. The van der Waals surface area contributed by atoms with Crippen LogP contribution in [0, 0.1) is 0 Å². The number of esters is 1. The number of amides is 2. The Morgan fingerprint density at radius 1 is 1.19 bits per heavy atom. The summed E-state index contributed by atoms with van der Waals surface area (Å²) in [4.78, 5) is 38.1. The van der Waals surface area contributed by atoms with E-state index in [1.54, 1.807) is 43.3 Å². The normalized spacial score (nSPS) is 13.2. The summed E-state index contributed by atoms with van der Waals surface area (Å²) in [6.45, 7) is 2.12. The Hall–Kier alpha value is -3.35. The number of fused-ring (bicyclic) bond motifs is 1. The van der Waals surface area contributed by atoms with Crippen LogP contribution in [0.25, 0.3) is 0 Å². The molecule has 2 aromatic rings. The topological polar surface area (TPSA) is 84.9 Å². The van der Waals surface area contributed by atoms with Crippen LogP contribution >= 0.6 is 0 Å². The van der Waals surface area contributed by atoms with Crippen molar-refractivity contribution in [1.82, 2.24) is 0 Å². The summed E-state index contributed by atoms with van der Waals surface area (Å²) in [5, 5.41) is 2.72. The molecule has 0 unspecified atom stereocenters. The monoisotopic (exact) mass is 368 g/mol. The summed E-state index contributed by atoms with van der Waals surface area (Å²) in [5.74, 6) is -0.445. The highest BCUT2D eigenvalue weighted by atomic mass is 16.5. The molecule has 0 fully saturated rings. The molecule has 27 heavy (non-hydrogen) atoms. The predicted octanol–water partition coefficient (Wildman–Crippen LogP) is 2.62. The van der Waals surface area contributed by atoms with E-state index in [-0.39, 0.29) is 38.0 Å². The maximum Gasteiger partial charge on any atom is 0.338 e. The van der Waals surface area contributed by atoms with Crippen LogP contribution in [0.1, 0.15) is 23.7 Å². The molecule has 1 aliphatic heterocycles. The van der Waals surface area contributed by atoms with Gasteiger partial charge < -0.3 is 14.8 Å². The van der Waals surface area contributed by atoms with Crippen molar-refractivity contribution < 1.29 is 23.9 Å². The number of carbonyl (C=O) groups is 3. The van der Waals surface area contributed by atoms with Crippen molar-refractivity contribution in [2.24, 2.45) is 0 Å². The van der Waals surface area contributed by atoms with Gasteiger partial charge >= 0.3 is 5.97 Å². The summed E-state index contributed by atoms with van der Waals surface area (Å²) in [5.41, 5.74) is 1.37. The molecule has 7 nitrogen and oxygen atoms in total. The van der Waals surface area contributed by atoms with E-state index in [0.717, 1.165) is 0 Å². The number of hydrogen-bond donors (Lipinski definition) is 1. The van der Waals surface area contributed by atoms with Gasteiger partial charge in [-0.05, 0) is 37.3 Å². The lowest BCUT2D eigenvalue weighted by Gasteiger charge is -2.21. The summed E-state index contributed by atoms with van der Waals surface area (Å²) in [6, 6.07) is 13.6. The predicted molar refractivity (Wildman–Crippen MR) is 99.9 cm³/mol. The zero-order valence-electron chi connectivity index (χ0n) is 14.9. The lowest BCUT2D eigenvalue weighted by Crippen LogP contribution is -2.37. The molecule has 0 aromatic heterocycles. The van der Waals surface area contributed by atoms with Crippen LogP contribution in [0.5, 0.6) is 5.75 Å². The zero-order chi connectivity index (χ0) is 19.2. The first kappa shape index (κ1) is 18.4. The molecule has 0 aliphatic carbocycles. The summed E-state index contributed by atoms with van der Waals surface area (Å²) < 4.78 is 10.5. The molecule has 2 aromatic carbocycles. The Labute approximate surface area is 156 Å². The molecule has 0 saturated carbocycles. The molecular weight excluding hydrogens is 348 g/mol. The second-order valence-corrected chi connectivity index (χ2v) is 5.90. The van der Waals surface area contributed by atoms with E-state index < -0.39 is 5.97 Å². The molecule has 3 rings (SSSR count). The largest absolute Gasteiger partial charge is 0.491 e. The van der Waals surface area contributed by atoms with Gasteiger partial charge in [0.1, 0.15) is 12.3 Å². The Morgan fingerprint density at radius 3 is 2.81 bits per heavy atom. The molecule has 1 aliphatic rings. The number of nitrogens with one attached hydrogen (secondary N) is 1. The van der Waals surface area contributed by atoms with Crippen LogP contribution in [0.3, 0.4) is 0 Å². The average Bonchev–Trinajstić information content (AvgIpc) is 2.81. The summed E-state index contributed by atoms with van der Waals surface area (Å²) >= 11 is 0. The number of carbonyl (C=O) groups excluding carboxylic acids is 3. The fourth-order valence-corrected chi connectivity index (χ4v) is 2.78. The molecule has 0 bridgehead atoms. The molecule has 140 valence electrons. The lowest BCUT2D eigenvalue weighted by atomic mass is 10.2. The van der Waals surface area contributed by atoms with Crippen LogP contribution in [0.2, 0.25) is 0 Å². The second-order valence-electron chi connectivity index (χ2n) is 5.90. The van der Waals surface area contributed by atoms with Crippen molar-refractivity contribution in [3.8, 4) is 5.75 Å². The maximum absolute atomic E-state index is 12.5. The fourth-order valence-electron chi connectivity index (χ4n) is 2.78. The third-order valence-electron chi connectivity index (χ3n) is 3.99. The quantitative estimate of drug-likeness (QED) is 0.820. The Morgan fingerprint density at radius 2 is 2.00 bits per heavy atom. The van der Waals surface area contributed by atoms with Gasteiger partial charge in [-0.3, -0.25) is 14.5 Å². The van der Waals surface area contributed by atoms with Crippen molar-refractivity contribution in [1.29, 1.82) is 0 Å². The van der Waals surface area contributed by atoms with Crippen molar-refractivity contribution in [2.75, 3.05) is 30.0 Å². The molecule has 0 saturated heterocycles. The van der Waals surface area contributed by atoms with Gasteiger partial charge in [-0.25, -0.2) is 4.79 Å². The molecule has 2 amide bonds. The first-order valence-corrected chi connectivity index (χ1v) is 8.67. The minimum Gasteiger partial charge on any atom is -0.491 e. The SMILES string of the molecule is CCOC(=O)c1cccc(NC(=O)CN2C(=O)CCOc3ccccc32)c1. The van der Waals surface area contributed by atoms with E-state index in [1.165, 1.54) is 11.0 Å². The van der Waals surface area contributed by atoms with Gasteiger partial charge in [0.2, 0.25) is 11.8 Å². The molecular formula is C20H20N2O5. The van der Waals surface area contributed by atoms with E-state index in [0.29, 0.717) is 22.7 Å². The van der Waals surface area contributed by atoms with Gasteiger partial charge in [0.05, 0.1) is 30.9 Å². The number of ether oxygens (including phenoxy) is 2. The van der Waals surface area contributed by atoms with E-state index in [1.807, 2.05) is 6.07 Å². The third-order valence-corrected chi connectivity index (χ3v) is 3.99. The summed E-state index contributed by atoms with van der Waals surface area (Å²) in [6.07, 6.45) is 0.195. The molecule has 1 heterocycles. The molecule has 0 radical (unpaired) electrons. The maximum atomic E-state index is 12.5. The third kappa shape index (κ3) is 4.44. The van der Waals surface area contributed by atoms with Crippen molar-refractivity contribution in [3.63, 3.8) is 0 Å². The zero-order valence-corrected chi connectivity index (χ0v) is 14.9. The highest BCUT2D eigenvalue weighted by Gasteiger charge is 2.25. The van der Waals surface area contributed by atoms with Crippen LogP contribution in [-0.2, 0) is 14.3 Å². The van der Waals surface area contributed by atoms with Crippen LogP contribution < -0.4 is 15.0 Å². The van der Waals surface area contributed by atoms with Gasteiger partial charge in [-0.15, -0.1) is 0 Å². The van der Waals surface area contributed by atoms with Gasteiger partial charge in [-0.2, -0.15) is 0 Å². The Balaban J connectivity index is 1.73. The number of rotatable bonds is 5. The summed E-state index contributed by atoms with van der Waals surface area (Å²) in [7, 11) is 0. The highest BCUT2D eigenvalue weighted by molar-refractivity contribution is 6.04. The minimum absolute atomic E-state index is 0.150. The molecule has 1 N–H and O–H groups in total. The van der Waals surface area contributed by atoms with Gasteiger partial charge in [0.15, 0.2) is 0 Å². The Kier molecular flexibility index (Phi) is 5.71. The standard InChI is InChI=1S/C20H20N2O5/c1-2-26-20(25)14-6-5-7-15(12-14)21-18(23)13-22-16-8-3-4-9-17(16)27-11-10-19(22)24/h3-9,12H,2,10-11,13H2,1H3,(H,21,23). The molecule has 0 atom stereocenters. The minimum atomic E-state index is -0.456. The van der Waals surface area contributed by atoms with E-state index in [4.69, 9.17) is 9.47 Å². The Bertz CT molecular complexity index is 865. The number of benzene rings is 2. The second kappa shape index (κ2) is 8.35. The van der Waals surface area contributed by atoms with Gasteiger partial charge in [0, 0.05) is 5.69 Å². The number of para-hydroxylation sites is 2. The van der Waals surface area contributed by atoms with Crippen LogP contribution in [-0.4, -0.2) is 37.5 Å². The van der Waals surface area contributed by atoms with Crippen molar-refractivity contribution >= 4 is 29.2 Å². The van der Waals surface area contributed by atoms with Gasteiger partial charge in [-0.1, -0.05) is 18.2 Å².